The smallest absolute Gasteiger partial charge is 0.208 e. The Morgan fingerprint density at radius 2 is 2.18 bits per heavy atom. The molecule has 1 aliphatic carbocycles. The molecule has 0 saturated carbocycles. The van der Waals surface area contributed by atoms with Crippen molar-refractivity contribution in [3.8, 4) is 0 Å². The number of aryl methyl sites for hydroxylation is 3. The first-order chi connectivity index (χ1) is 10.7. The summed E-state index contributed by atoms with van der Waals surface area (Å²) in [7, 11) is 2.12. The van der Waals surface area contributed by atoms with Crippen molar-refractivity contribution >= 4 is 5.82 Å². The molecular weight excluding hydrogens is 278 g/mol. The van der Waals surface area contributed by atoms with Crippen molar-refractivity contribution in [1.82, 2.24) is 20.1 Å². The maximum absolute atomic E-state index is 5.55. The van der Waals surface area contributed by atoms with Crippen molar-refractivity contribution in [2.45, 2.75) is 38.8 Å². The van der Waals surface area contributed by atoms with Crippen LogP contribution in [0.4, 0.5) is 5.82 Å². The highest BCUT2D eigenvalue weighted by molar-refractivity contribution is 5.45. The summed E-state index contributed by atoms with van der Waals surface area (Å²) in [6.45, 7) is 4.66. The van der Waals surface area contributed by atoms with E-state index in [-0.39, 0.29) is 0 Å². The Labute approximate surface area is 130 Å². The first-order valence-corrected chi connectivity index (χ1v) is 7.91. The van der Waals surface area contributed by atoms with E-state index in [0.717, 1.165) is 49.9 Å². The van der Waals surface area contributed by atoms with Crippen LogP contribution in [0.3, 0.4) is 0 Å². The summed E-state index contributed by atoms with van der Waals surface area (Å²) in [4.78, 5) is 8.86. The third-order valence-corrected chi connectivity index (χ3v) is 4.67. The lowest BCUT2D eigenvalue weighted by Crippen LogP contribution is -2.58. The molecule has 0 unspecified atom stereocenters. The highest BCUT2D eigenvalue weighted by Gasteiger charge is 2.32. The van der Waals surface area contributed by atoms with Crippen molar-refractivity contribution in [2.24, 2.45) is 0 Å². The molecule has 0 N–H and O–H groups in total. The molecular formula is C16H21N5O. The number of nitrogens with zero attached hydrogens (tertiary/aromatic N) is 5. The maximum atomic E-state index is 5.55. The van der Waals surface area contributed by atoms with Gasteiger partial charge in [-0.1, -0.05) is 0 Å². The lowest BCUT2D eigenvalue weighted by Gasteiger charge is -2.44. The van der Waals surface area contributed by atoms with Crippen LogP contribution in [0, 0.1) is 6.92 Å². The van der Waals surface area contributed by atoms with Gasteiger partial charge in [0.05, 0.1) is 18.4 Å². The molecule has 1 fully saturated rings. The Balaban J connectivity index is 1.35. The third kappa shape index (κ3) is 2.47. The van der Waals surface area contributed by atoms with Crippen LogP contribution in [0.15, 0.2) is 16.7 Å². The molecule has 0 aromatic carbocycles. The van der Waals surface area contributed by atoms with Crippen LogP contribution >= 0.6 is 0 Å². The third-order valence-electron chi connectivity index (χ3n) is 4.67. The monoisotopic (exact) mass is 299 g/mol. The van der Waals surface area contributed by atoms with Gasteiger partial charge >= 0.3 is 0 Å². The van der Waals surface area contributed by atoms with E-state index in [1.165, 1.54) is 17.7 Å². The van der Waals surface area contributed by atoms with Crippen molar-refractivity contribution in [1.29, 1.82) is 0 Å². The Hall–Kier alpha value is -1.95. The van der Waals surface area contributed by atoms with E-state index in [4.69, 9.17) is 4.42 Å². The fourth-order valence-electron chi connectivity index (χ4n) is 3.21. The van der Waals surface area contributed by atoms with E-state index in [9.17, 15) is 0 Å². The Morgan fingerprint density at radius 1 is 1.32 bits per heavy atom. The van der Waals surface area contributed by atoms with Crippen LogP contribution in [0.2, 0.25) is 0 Å². The van der Waals surface area contributed by atoms with Crippen LogP contribution < -0.4 is 4.90 Å². The molecule has 2 aliphatic rings. The van der Waals surface area contributed by atoms with Gasteiger partial charge in [0.25, 0.3) is 0 Å². The number of anilines is 1. The Bertz CT molecular complexity index is 677. The Kier molecular flexibility index (Phi) is 3.33. The Morgan fingerprint density at radius 3 is 2.95 bits per heavy atom. The van der Waals surface area contributed by atoms with Gasteiger partial charge in [0.1, 0.15) is 5.76 Å². The van der Waals surface area contributed by atoms with Gasteiger partial charge in [-0.3, -0.25) is 4.90 Å². The quantitative estimate of drug-likeness (QED) is 0.854. The van der Waals surface area contributed by atoms with Crippen LogP contribution in [0.25, 0.3) is 0 Å². The number of likely N-dealkylation sites (N-methyl/N-ethyl adjacent to an activating group) is 1. The zero-order chi connectivity index (χ0) is 15.1. The summed E-state index contributed by atoms with van der Waals surface area (Å²) < 4.78 is 5.55. The van der Waals surface area contributed by atoms with Crippen LogP contribution in [-0.4, -0.2) is 46.3 Å². The van der Waals surface area contributed by atoms with E-state index in [1.807, 2.05) is 6.92 Å². The summed E-state index contributed by atoms with van der Waals surface area (Å²) in [5.41, 5.74) is 2.58. The van der Waals surface area contributed by atoms with E-state index in [1.54, 1.807) is 6.20 Å². The molecule has 6 nitrogen and oxygen atoms in total. The number of aromatic nitrogens is 3. The summed E-state index contributed by atoms with van der Waals surface area (Å²) in [6, 6.07) is 2.74. The molecule has 22 heavy (non-hydrogen) atoms. The van der Waals surface area contributed by atoms with Gasteiger partial charge in [-0.05, 0) is 44.9 Å². The molecule has 0 atom stereocenters. The van der Waals surface area contributed by atoms with Crippen LogP contribution in [0.1, 0.15) is 29.3 Å². The molecule has 2 aromatic heterocycles. The van der Waals surface area contributed by atoms with E-state index in [2.05, 4.69) is 38.1 Å². The fourth-order valence-corrected chi connectivity index (χ4v) is 3.21. The molecule has 3 heterocycles. The summed E-state index contributed by atoms with van der Waals surface area (Å²) >= 11 is 0. The number of hydrogen-bond acceptors (Lipinski definition) is 6. The predicted octanol–water partition coefficient (Wildman–Crippen LogP) is 1.58. The molecule has 0 amide bonds. The topological polar surface area (TPSA) is 58.3 Å². The van der Waals surface area contributed by atoms with Gasteiger partial charge in [-0.2, -0.15) is 5.10 Å². The predicted molar refractivity (Wildman–Crippen MR) is 82.8 cm³/mol. The average Bonchev–Trinajstić information content (AvgIpc) is 3.05. The van der Waals surface area contributed by atoms with Crippen molar-refractivity contribution in [2.75, 3.05) is 25.0 Å². The molecule has 4 rings (SSSR count). The van der Waals surface area contributed by atoms with E-state index in [0.29, 0.717) is 6.04 Å². The van der Waals surface area contributed by atoms with Crippen molar-refractivity contribution in [3.05, 3.63) is 35.2 Å². The van der Waals surface area contributed by atoms with Gasteiger partial charge < -0.3 is 9.32 Å². The number of oxazole rings is 1. The van der Waals surface area contributed by atoms with Crippen LogP contribution in [0.5, 0.6) is 0 Å². The number of hydrogen-bond donors (Lipinski definition) is 0. The minimum absolute atomic E-state index is 0.516. The maximum Gasteiger partial charge on any atom is 0.208 e. The zero-order valence-electron chi connectivity index (χ0n) is 13.1. The average molecular weight is 299 g/mol. The molecule has 1 saturated heterocycles. The minimum atomic E-state index is 0.516. The van der Waals surface area contributed by atoms with Gasteiger partial charge in [-0.15, -0.1) is 5.10 Å². The van der Waals surface area contributed by atoms with Gasteiger partial charge in [-0.25, -0.2) is 4.98 Å². The summed E-state index contributed by atoms with van der Waals surface area (Å²) in [5.74, 6) is 2.68. The second kappa shape index (κ2) is 5.35. The lowest BCUT2D eigenvalue weighted by atomic mass is 10.1. The van der Waals surface area contributed by atoms with Gasteiger partial charge in [0.15, 0.2) is 5.82 Å². The fraction of sp³-hybridized carbons (Fsp3) is 0.562. The molecule has 116 valence electrons. The highest BCUT2D eigenvalue weighted by atomic mass is 16.4. The number of fused-ring (bicyclic) bond motifs is 1. The first kappa shape index (κ1) is 13.7. The molecule has 0 spiro atoms. The molecule has 6 heteroatoms. The highest BCUT2D eigenvalue weighted by Crippen LogP contribution is 2.26. The zero-order valence-corrected chi connectivity index (χ0v) is 13.1. The van der Waals surface area contributed by atoms with Crippen molar-refractivity contribution < 1.29 is 4.42 Å². The van der Waals surface area contributed by atoms with Gasteiger partial charge in [0, 0.05) is 19.1 Å². The number of rotatable bonds is 4. The minimum Gasteiger partial charge on any atom is -0.445 e. The van der Waals surface area contributed by atoms with E-state index >= 15 is 0 Å². The molecule has 0 radical (unpaired) electrons. The largest absolute Gasteiger partial charge is 0.445 e. The summed E-state index contributed by atoms with van der Waals surface area (Å²) in [5, 5.41) is 8.75. The standard InChI is InChI=1S/C16H21N5O/c1-11-7-17-16(22-11)10-20(2)13-8-21(9-13)15-6-12-4-3-5-14(12)18-19-15/h6-7,13H,3-5,8-10H2,1-2H3. The van der Waals surface area contributed by atoms with Gasteiger partial charge in [0.2, 0.25) is 5.89 Å². The lowest BCUT2D eigenvalue weighted by molar-refractivity contribution is 0.179. The second-order valence-corrected chi connectivity index (χ2v) is 6.37. The summed E-state index contributed by atoms with van der Waals surface area (Å²) in [6.07, 6.45) is 5.23. The SMILES string of the molecule is Cc1cnc(CN(C)C2CN(c3cc4c(nn3)CCC4)C2)o1. The normalized spacial score (nSPS) is 17.9. The molecule has 0 bridgehead atoms. The second-order valence-electron chi connectivity index (χ2n) is 6.37. The van der Waals surface area contributed by atoms with Crippen molar-refractivity contribution in [3.63, 3.8) is 0 Å². The molecule has 2 aromatic rings. The van der Waals surface area contributed by atoms with E-state index < -0.39 is 0 Å². The molecule has 1 aliphatic heterocycles. The van der Waals surface area contributed by atoms with Crippen LogP contribution in [-0.2, 0) is 19.4 Å². The first-order valence-electron chi connectivity index (χ1n) is 7.91.